The van der Waals surface area contributed by atoms with Gasteiger partial charge < -0.3 is 5.32 Å². The number of thioether (sulfide) groups is 1. The predicted octanol–water partition coefficient (Wildman–Crippen LogP) is 7.43. The van der Waals surface area contributed by atoms with Gasteiger partial charge in [-0.2, -0.15) is 0 Å². The van der Waals surface area contributed by atoms with Gasteiger partial charge >= 0.3 is 0 Å². The Balaban J connectivity index is 1.54. The lowest BCUT2D eigenvalue weighted by molar-refractivity contribution is -0.113. The Morgan fingerprint density at radius 1 is 1.13 bits per heavy atom. The van der Waals surface area contributed by atoms with Gasteiger partial charge in [0.2, 0.25) is 5.91 Å². The van der Waals surface area contributed by atoms with E-state index in [2.05, 4.69) is 51.4 Å². The van der Waals surface area contributed by atoms with Gasteiger partial charge in [0, 0.05) is 27.1 Å². The van der Waals surface area contributed by atoms with Gasteiger partial charge in [-0.1, -0.05) is 64.8 Å². The Hall–Kier alpha value is -1.77. The third kappa shape index (κ3) is 4.71. The highest BCUT2D eigenvalue weighted by Gasteiger charge is 2.20. The first-order valence-electron chi connectivity index (χ1n) is 9.34. The summed E-state index contributed by atoms with van der Waals surface area (Å²) in [5, 5.41) is 16.5. The zero-order valence-corrected chi connectivity index (χ0v) is 20.4. The van der Waals surface area contributed by atoms with Gasteiger partial charge in [0.25, 0.3) is 0 Å². The summed E-state index contributed by atoms with van der Waals surface area (Å²) in [6.45, 7) is 4.14. The van der Waals surface area contributed by atoms with Crippen LogP contribution in [0.15, 0.2) is 46.9 Å². The molecular formula is C21H17Cl3N4OS2. The molecule has 0 unspecified atom stereocenters. The number of fused-ring (bicyclic) bond motifs is 1. The fourth-order valence-corrected chi connectivity index (χ4v) is 5.51. The predicted molar refractivity (Wildman–Crippen MR) is 132 cm³/mol. The molecule has 0 aliphatic heterocycles. The van der Waals surface area contributed by atoms with Gasteiger partial charge in [0.05, 0.1) is 26.5 Å². The summed E-state index contributed by atoms with van der Waals surface area (Å²) in [4.78, 5) is 12.5. The molecule has 0 aliphatic rings. The molecule has 4 rings (SSSR count). The van der Waals surface area contributed by atoms with E-state index in [9.17, 15) is 4.79 Å². The average Bonchev–Trinajstić information content (AvgIpc) is 3.34. The van der Waals surface area contributed by atoms with Crippen LogP contribution in [-0.4, -0.2) is 26.4 Å². The number of carbonyl (C=O) groups is 1. The van der Waals surface area contributed by atoms with E-state index in [1.807, 2.05) is 12.1 Å². The number of amides is 1. The number of carbonyl (C=O) groups excluding carboxylic acids is 1. The van der Waals surface area contributed by atoms with Crippen molar-refractivity contribution in [1.82, 2.24) is 14.8 Å². The van der Waals surface area contributed by atoms with Crippen molar-refractivity contribution in [2.75, 3.05) is 11.1 Å². The Kier molecular flexibility index (Phi) is 6.79. The second-order valence-electron chi connectivity index (χ2n) is 7.00. The van der Waals surface area contributed by atoms with Crippen LogP contribution in [0.25, 0.3) is 21.5 Å². The number of nitrogens with one attached hydrogen (secondary N) is 1. The van der Waals surface area contributed by atoms with Crippen molar-refractivity contribution in [3.05, 3.63) is 56.8 Å². The van der Waals surface area contributed by atoms with Crippen LogP contribution in [0.4, 0.5) is 5.69 Å². The third-order valence-electron chi connectivity index (χ3n) is 4.52. The van der Waals surface area contributed by atoms with E-state index < -0.39 is 0 Å². The lowest BCUT2D eigenvalue weighted by Crippen LogP contribution is -2.15. The zero-order chi connectivity index (χ0) is 22.1. The van der Waals surface area contributed by atoms with Crippen LogP contribution in [0.5, 0.6) is 0 Å². The second-order valence-corrected chi connectivity index (χ2v) is 10.1. The summed E-state index contributed by atoms with van der Waals surface area (Å²) in [7, 11) is 0. The quantitative estimate of drug-likeness (QED) is 0.216. The van der Waals surface area contributed by atoms with Crippen molar-refractivity contribution in [2.45, 2.75) is 25.0 Å². The Bertz CT molecular complexity index is 1270. The maximum Gasteiger partial charge on any atom is 0.234 e. The molecule has 1 N–H and O–H groups in total. The highest BCUT2D eigenvalue weighted by molar-refractivity contribution is 7.99. The number of halogens is 3. The molecule has 2 heterocycles. The fraction of sp³-hybridized carbons (Fsp3) is 0.190. The number of hydrogen-bond donors (Lipinski definition) is 1. The van der Waals surface area contributed by atoms with Gasteiger partial charge in [-0.25, -0.2) is 0 Å². The summed E-state index contributed by atoms with van der Waals surface area (Å²) in [6.07, 6.45) is 0. The lowest BCUT2D eigenvalue weighted by atomic mass is 10.1. The highest BCUT2D eigenvalue weighted by atomic mass is 35.5. The first-order chi connectivity index (χ1) is 14.8. The number of benzene rings is 2. The molecular weight excluding hydrogens is 495 g/mol. The lowest BCUT2D eigenvalue weighted by Gasteiger charge is -2.13. The normalized spacial score (nSPS) is 11.4. The van der Waals surface area contributed by atoms with Crippen LogP contribution < -0.4 is 5.32 Å². The van der Waals surface area contributed by atoms with Gasteiger partial charge in [-0.05, 0) is 32.0 Å². The van der Waals surface area contributed by atoms with E-state index in [1.54, 1.807) is 11.3 Å². The average molecular weight is 512 g/mol. The molecule has 0 spiro atoms. The SMILES string of the molecule is CC(C)n1c(SCC(=O)Nc2cc(Cl)c(Cl)cc2Cl)nnc1-c1csc2ccccc12. The monoisotopic (exact) mass is 510 g/mol. The van der Waals surface area contributed by atoms with Crippen LogP contribution >= 0.6 is 57.9 Å². The van der Waals surface area contributed by atoms with Crippen molar-refractivity contribution in [2.24, 2.45) is 0 Å². The standard InChI is InChI=1S/C21H17Cl3N4OS2/c1-11(2)28-20(13-9-30-18-6-4-3-5-12(13)18)26-27-21(28)31-10-19(29)25-17-8-15(23)14(22)7-16(17)24/h3-9,11H,10H2,1-2H3,(H,25,29). The van der Waals surface area contributed by atoms with E-state index in [0.717, 1.165) is 16.8 Å². The van der Waals surface area contributed by atoms with Gasteiger partial charge in [-0.3, -0.25) is 9.36 Å². The van der Waals surface area contributed by atoms with Crippen LogP contribution in [0.2, 0.25) is 15.1 Å². The summed E-state index contributed by atoms with van der Waals surface area (Å²) in [5.74, 6) is 0.709. The molecule has 0 saturated carbocycles. The minimum atomic E-state index is -0.230. The molecule has 2 aromatic heterocycles. The van der Waals surface area contributed by atoms with E-state index in [4.69, 9.17) is 34.8 Å². The largest absolute Gasteiger partial charge is 0.324 e. The van der Waals surface area contributed by atoms with E-state index >= 15 is 0 Å². The molecule has 2 aromatic carbocycles. The van der Waals surface area contributed by atoms with Crippen LogP contribution in [-0.2, 0) is 4.79 Å². The van der Waals surface area contributed by atoms with Crippen LogP contribution in [0.1, 0.15) is 19.9 Å². The first kappa shape index (κ1) is 22.4. The number of thiophene rings is 1. The molecule has 160 valence electrons. The number of rotatable bonds is 6. The maximum absolute atomic E-state index is 12.5. The van der Waals surface area contributed by atoms with E-state index in [1.165, 1.54) is 28.6 Å². The molecule has 5 nitrogen and oxygen atoms in total. The zero-order valence-electron chi connectivity index (χ0n) is 16.5. The molecule has 31 heavy (non-hydrogen) atoms. The van der Waals surface area contributed by atoms with Gasteiger partial charge in [-0.15, -0.1) is 21.5 Å². The maximum atomic E-state index is 12.5. The number of nitrogens with zero attached hydrogens (tertiary/aromatic N) is 3. The van der Waals surface area contributed by atoms with Crippen molar-refractivity contribution >= 4 is 79.6 Å². The summed E-state index contributed by atoms with van der Waals surface area (Å²) >= 11 is 21.1. The number of anilines is 1. The molecule has 10 heteroatoms. The number of hydrogen-bond acceptors (Lipinski definition) is 5. The molecule has 0 radical (unpaired) electrons. The van der Waals surface area contributed by atoms with Gasteiger partial charge in [0.1, 0.15) is 0 Å². The Labute approximate surface area is 202 Å². The van der Waals surface area contributed by atoms with Gasteiger partial charge in [0.15, 0.2) is 11.0 Å². The Morgan fingerprint density at radius 2 is 1.87 bits per heavy atom. The minimum absolute atomic E-state index is 0.124. The van der Waals surface area contributed by atoms with E-state index in [-0.39, 0.29) is 17.7 Å². The van der Waals surface area contributed by atoms with Crippen molar-refractivity contribution in [3.63, 3.8) is 0 Å². The molecule has 0 atom stereocenters. The van der Waals surface area contributed by atoms with Crippen LogP contribution in [0, 0.1) is 0 Å². The molecule has 0 aliphatic carbocycles. The number of aromatic nitrogens is 3. The Morgan fingerprint density at radius 3 is 2.65 bits per heavy atom. The molecule has 4 aromatic rings. The summed E-state index contributed by atoms with van der Waals surface area (Å²) in [5.41, 5.74) is 1.46. The van der Waals surface area contributed by atoms with Crippen molar-refractivity contribution in [3.8, 4) is 11.4 Å². The van der Waals surface area contributed by atoms with Crippen molar-refractivity contribution < 1.29 is 4.79 Å². The summed E-state index contributed by atoms with van der Waals surface area (Å²) < 4.78 is 3.25. The second kappa shape index (κ2) is 9.38. The van der Waals surface area contributed by atoms with Crippen molar-refractivity contribution in [1.29, 1.82) is 0 Å². The fourth-order valence-electron chi connectivity index (χ4n) is 3.11. The topological polar surface area (TPSA) is 59.8 Å². The minimum Gasteiger partial charge on any atom is -0.324 e. The smallest absolute Gasteiger partial charge is 0.234 e. The highest BCUT2D eigenvalue weighted by Crippen LogP contribution is 2.36. The molecule has 0 fully saturated rings. The third-order valence-corrected chi connectivity index (χ3v) is 7.46. The summed E-state index contributed by atoms with van der Waals surface area (Å²) in [6, 6.07) is 11.4. The molecule has 1 amide bonds. The molecule has 0 bridgehead atoms. The van der Waals surface area contributed by atoms with Crippen LogP contribution in [0.3, 0.4) is 0 Å². The first-order valence-corrected chi connectivity index (χ1v) is 12.3. The molecule has 0 saturated heterocycles. The van der Waals surface area contributed by atoms with E-state index in [0.29, 0.717) is 25.9 Å².